The van der Waals surface area contributed by atoms with Gasteiger partial charge >= 0.3 is 0 Å². The molecule has 0 saturated carbocycles. The number of aliphatic hydroxyl groups excluding tert-OH is 1. The second-order valence-corrected chi connectivity index (χ2v) is 10.6. The SMILES string of the molecule is CS(=O)(=O)N1CN(C(=O)CCO)c2ccc(Cn3ccc(OCc4ccc(F)cc4F)c(Cl)c3=O)cc21. The van der Waals surface area contributed by atoms with E-state index in [4.69, 9.17) is 21.4 Å². The van der Waals surface area contributed by atoms with Crippen molar-refractivity contribution in [3.63, 3.8) is 0 Å². The van der Waals surface area contributed by atoms with Crippen LogP contribution < -0.4 is 19.5 Å². The highest BCUT2D eigenvalue weighted by atomic mass is 35.5. The summed E-state index contributed by atoms with van der Waals surface area (Å²) < 4.78 is 59.4. The molecular weight excluding hydrogens is 532 g/mol. The summed E-state index contributed by atoms with van der Waals surface area (Å²) in [6, 6.07) is 9.25. The Labute approximate surface area is 216 Å². The zero-order chi connectivity index (χ0) is 26.9. The molecule has 1 aliphatic rings. The Morgan fingerprint density at radius 3 is 2.57 bits per heavy atom. The van der Waals surface area contributed by atoms with Crippen molar-refractivity contribution in [1.82, 2.24) is 4.57 Å². The number of ether oxygens (including phenoxy) is 1. The average molecular weight is 554 g/mol. The maximum atomic E-state index is 13.8. The highest BCUT2D eigenvalue weighted by Gasteiger charge is 2.34. The van der Waals surface area contributed by atoms with Crippen molar-refractivity contribution in [3.8, 4) is 5.75 Å². The van der Waals surface area contributed by atoms with E-state index in [0.29, 0.717) is 11.3 Å². The highest BCUT2D eigenvalue weighted by Crippen LogP contribution is 2.38. The van der Waals surface area contributed by atoms with E-state index >= 15 is 0 Å². The second kappa shape index (κ2) is 10.5. The van der Waals surface area contributed by atoms with Gasteiger partial charge in [0.05, 0.1) is 37.2 Å². The summed E-state index contributed by atoms with van der Waals surface area (Å²) in [6.45, 7) is -0.833. The van der Waals surface area contributed by atoms with Crippen LogP contribution in [0.4, 0.5) is 20.2 Å². The molecule has 0 radical (unpaired) electrons. The van der Waals surface area contributed by atoms with Crippen LogP contribution >= 0.6 is 11.6 Å². The molecule has 0 unspecified atom stereocenters. The van der Waals surface area contributed by atoms with E-state index in [0.717, 1.165) is 22.7 Å². The van der Waals surface area contributed by atoms with Gasteiger partial charge in [0, 0.05) is 17.8 Å². The Morgan fingerprint density at radius 1 is 1.14 bits per heavy atom. The van der Waals surface area contributed by atoms with Crippen LogP contribution in [0, 0.1) is 11.6 Å². The van der Waals surface area contributed by atoms with E-state index in [2.05, 4.69) is 0 Å². The van der Waals surface area contributed by atoms with E-state index in [1.807, 2.05) is 0 Å². The lowest BCUT2D eigenvalue weighted by molar-refractivity contribution is -0.119. The number of benzene rings is 2. The van der Waals surface area contributed by atoms with Crippen molar-refractivity contribution in [1.29, 1.82) is 0 Å². The summed E-state index contributed by atoms with van der Waals surface area (Å²) in [4.78, 5) is 26.5. The van der Waals surface area contributed by atoms with Crippen molar-refractivity contribution in [2.45, 2.75) is 19.6 Å². The molecule has 0 spiro atoms. The van der Waals surface area contributed by atoms with Crippen molar-refractivity contribution in [2.24, 2.45) is 0 Å². The van der Waals surface area contributed by atoms with Crippen LogP contribution in [-0.4, -0.2) is 43.5 Å². The number of nitrogens with zero attached hydrogens (tertiary/aromatic N) is 3. The minimum atomic E-state index is -3.72. The number of carbonyl (C=O) groups is 1. The minimum Gasteiger partial charge on any atom is -0.487 e. The quantitative estimate of drug-likeness (QED) is 0.459. The predicted molar refractivity (Wildman–Crippen MR) is 133 cm³/mol. The van der Waals surface area contributed by atoms with Crippen molar-refractivity contribution in [3.05, 3.63) is 86.8 Å². The summed E-state index contributed by atoms with van der Waals surface area (Å²) in [6.07, 6.45) is 2.28. The second-order valence-electron chi connectivity index (χ2n) is 8.32. The van der Waals surface area contributed by atoms with E-state index in [9.17, 15) is 26.8 Å². The van der Waals surface area contributed by atoms with Gasteiger partial charge in [0.25, 0.3) is 5.56 Å². The first-order valence-corrected chi connectivity index (χ1v) is 13.2. The smallest absolute Gasteiger partial charge is 0.273 e. The normalized spacial score (nSPS) is 13.1. The van der Waals surface area contributed by atoms with Gasteiger partial charge in [-0.25, -0.2) is 21.5 Å². The number of halogens is 3. The Bertz CT molecular complexity index is 1530. The van der Waals surface area contributed by atoms with Gasteiger partial charge in [0.2, 0.25) is 15.9 Å². The van der Waals surface area contributed by atoms with Gasteiger partial charge in [-0.1, -0.05) is 17.7 Å². The zero-order valence-corrected chi connectivity index (χ0v) is 21.1. The number of hydrogen-bond acceptors (Lipinski definition) is 6. The van der Waals surface area contributed by atoms with E-state index in [-0.39, 0.29) is 54.9 Å². The first-order chi connectivity index (χ1) is 17.5. The zero-order valence-electron chi connectivity index (χ0n) is 19.5. The molecule has 1 N–H and O–H groups in total. The summed E-state index contributed by atoms with van der Waals surface area (Å²) in [5.41, 5.74) is 0.686. The van der Waals surface area contributed by atoms with Crippen molar-refractivity contribution < 1.29 is 31.8 Å². The molecule has 1 aromatic heterocycles. The number of pyridine rings is 1. The molecule has 4 rings (SSSR count). The minimum absolute atomic E-state index is 0.0156. The van der Waals surface area contributed by atoms with Gasteiger partial charge < -0.3 is 14.4 Å². The number of carbonyl (C=O) groups excluding carboxylic acids is 1. The Balaban J connectivity index is 1.57. The van der Waals surface area contributed by atoms with Gasteiger partial charge in [-0.2, -0.15) is 0 Å². The lowest BCUT2D eigenvalue weighted by Gasteiger charge is -2.18. The third-order valence-corrected chi connectivity index (χ3v) is 7.18. The number of rotatable bonds is 8. The maximum Gasteiger partial charge on any atom is 0.273 e. The van der Waals surface area contributed by atoms with Crippen LogP contribution in [0.5, 0.6) is 5.75 Å². The van der Waals surface area contributed by atoms with Crippen LogP contribution in [0.3, 0.4) is 0 Å². The van der Waals surface area contributed by atoms with Gasteiger partial charge in [-0.3, -0.25) is 14.5 Å². The summed E-state index contributed by atoms with van der Waals surface area (Å²) in [5.74, 6) is -1.93. The number of hydrogen-bond donors (Lipinski definition) is 1. The van der Waals surface area contributed by atoms with E-state index < -0.39 is 33.1 Å². The molecule has 2 aromatic carbocycles. The van der Waals surface area contributed by atoms with Crippen LogP contribution in [0.2, 0.25) is 5.02 Å². The average Bonchev–Trinajstić information content (AvgIpc) is 3.22. The molecule has 3 aromatic rings. The molecule has 1 amide bonds. The standard InChI is InChI=1S/C24H22ClF2N3O6S/c1-37(34,35)30-14-29(22(32)7-9-31)19-5-2-15(10-20(19)30)12-28-8-6-21(23(25)24(28)33)36-13-16-3-4-17(26)11-18(16)27/h2-6,8,10-11,31H,7,9,12-14H2,1H3. The number of anilines is 2. The summed E-state index contributed by atoms with van der Waals surface area (Å²) in [7, 11) is -3.72. The maximum absolute atomic E-state index is 13.8. The number of amides is 1. The van der Waals surface area contributed by atoms with Crippen LogP contribution in [0.1, 0.15) is 17.5 Å². The monoisotopic (exact) mass is 553 g/mol. The Morgan fingerprint density at radius 2 is 1.89 bits per heavy atom. The van der Waals surface area contributed by atoms with Gasteiger partial charge in [-0.05, 0) is 35.9 Å². The molecule has 2 heterocycles. The van der Waals surface area contributed by atoms with Gasteiger partial charge in [-0.15, -0.1) is 0 Å². The lowest BCUT2D eigenvalue weighted by Crippen LogP contribution is -2.38. The van der Waals surface area contributed by atoms with Gasteiger partial charge in [0.1, 0.15) is 35.7 Å². The molecule has 37 heavy (non-hydrogen) atoms. The Hall–Kier alpha value is -3.48. The molecule has 0 saturated heterocycles. The van der Waals surface area contributed by atoms with Crippen LogP contribution in [0.25, 0.3) is 0 Å². The topological polar surface area (TPSA) is 109 Å². The third-order valence-electron chi connectivity index (χ3n) is 5.72. The molecule has 13 heteroatoms. The lowest BCUT2D eigenvalue weighted by atomic mass is 10.1. The fourth-order valence-electron chi connectivity index (χ4n) is 3.86. The third kappa shape index (κ3) is 5.60. The summed E-state index contributed by atoms with van der Waals surface area (Å²) >= 11 is 6.19. The molecule has 0 atom stereocenters. The fraction of sp³-hybridized carbons (Fsp3) is 0.250. The largest absolute Gasteiger partial charge is 0.487 e. The number of fused-ring (bicyclic) bond motifs is 1. The van der Waals surface area contributed by atoms with Crippen molar-refractivity contribution >= 4 is 38.9 Å². The molecule has 1 aliphatic heterocycles. The molecule has 0 aliphatic carbocycles. The summed E-state index contributed by atoms with van der Waals surface area (Å²) in [5, 5.41) is 8.85. The molecule has 9 nitrogen and oxygen atoms in total. The van der Waals surface area contributed by atoms with Crippen molar-refractivity contribution in [2.75, 3.05) is 28.7 Å². The van der Waals surface area contributed by atoms with Crippen LogP contribution in [0.15, 0.2) is 53.5 Å². The van der Waals surface area contributed by atoms with Crippen LogP contribution in [-0.2, 0) is 28.0 Å². The van der Waals surface area contributed by atoms with E-state index in [1.54, 1.807) is 18.2 Å². The molecule has 0 bridgehead atoms. The molecule has 196 valence electrons. The number of sulfonamides is 1. The first-order valence-electron chi connectivity index (χ1n) is 11.0. The number of aliphatic hydroxyl groups is 1. The highest BCUT2D eigenvalue weighted by molar-refractivity contribution is 7.92. The molecule has 0 fully saturated rings. The molecular formula is C24H22ClF2N3O6S. The Kier molecular flexibility index (Phi) is 7.53. The number of aromatic nitrogens is 1. The van der Waals surface area contributed by atoms with Gasteiger partial charge in [0.15, 0.2) is 0 Å². The predicted octanol–water partition coefficient (Wildman–Crippen LogP) is 2.86. The first kappa shape index (κ1) is 26.6. The fourth-order valence-corrected chi connectivity index (χ4v) is 4.92. The van der Waals surface area contributed by atoms with E-state index in [1.165, 1.54) is 27.8 Å².